The number of benzene rings is 1. The number of rotatable bonds is 4. The number of aromatic nitrogens is 1. The van der Waals surface area contributed by atoms with Gasteiger partial charge in [-0.3, -0.25) is 9.78 Å². The molecule has 1 spiro atoms. The van der Waals surface area contributed by atoms with Crippen LogP contribution in [0, 0.1) is 5.92 Å². The second-order valence-electron chi connectivity index (χ2n) is 6.61. The lowest BCUT2D eigenvalue weighted by atomic mass is 9.81. The zero-order valence-corrected chi connectivity index (χ0v) is 13.8. The lowest BCUT2D eigenvalue weighted by molar-refractivity contribution is -0.122. The first-order valence-electron chi connectivity index (χ1n) is 8.41. The summed E-state index contributed by atoms with van der Waals surface area (Å²) in [4.78, 5) is 18.3. The van der Waals surface area contributed by atoms with Crippen molar-refractivity contribution < 1.29 is 19.4 Å². The summed E-state index contributed by atoms with van der Waals surface area (Å²) in [6.07, 6.45) is 4.33. The van der Waals surface area contributed by atoms with Crippen LogP contribution in [0.15, 0.2) is 48.8 Å². The van der Waals surface area contributed by atoms with Crippen molar-refractivity contribution in [2.45, 2.75) is 12.0 Å². The zero-order valence-electron chi connectivity index (χ0n) is 13.8. The summed E-state index contributed by atoms with van der Waals surface area (Å²) in [7, 11) is 0. The number of carbonyl (C=O) groups is 1. The van der Waals surface area contributed by atoms with Crippen molar-refractivity contribution in [2.24, 2.45) is 5.92 Å². The average Bonchev–Trinajstić information content (AvgIpc) is 3.03. The number of aromatic hydroxyl groups is 1. The third-order valence-electron chi connectivity index (χ3n) is 4.98. The van der Waals surface area contributed by atoms with Crippen LogP contribution in [0.1, 0.15) is 16.8 Å². The fourth-order valence-corrected chi connectivity index (χ4v) is 3.56. The van der Waals surface area contributed by atoms with Gasteiger partial charge in [-0.05, 0) is 36.8 Å². The van der Waals surface area contributed by atoms with E-state index in [1.165, 1.54) is 6.07 Å². The molecule has 0 saturated carbocycles. The van der Waals surface area contributed by atoms with E-state index in [1.807, 2.05) is 12.1 Å². The first-order chi connectivity index (χ1) is 12.2. The average molecular weight is 340 g/mol. The highest BCUT2D eigenvalue weighted by Gasteiger charge is 2.54. The van der Waals surface area contributed by atoms with E-state index in [9.17, 15) is 9.90 Å². The quantitative estimate of drug-likeness (QED) is 0.923. The van der Waals surface area contributed by atoms with E-state index in [1.54, 1.807) is 35.5 Å². The summed E-state index contributed by atoms with van der Waals surface area (Å²) in [6.45, 7) is 2.36. The lowest BCUT2D eigenvalue weighted by Crippen LogP contribution is -2.66. The second kappa shape index (κ2) is 6.37. The van der Waals surface area contributed by atoms with E-state index in [0.717, 1.165) is 12.2 Å². The van der Waals surface area contributed by atoms with E-state index in [0.29, 0.717) is 31.9 Å². The van der Waals surface area contributed by atoms with Crippen LogP contribution < -0.4 is 4.74 Å². The van der Waals surface area contributed by atoms with Gasteiger partial charge in [0.15, 0.2) is 0 Å². The van der Waals surface area contributed by atoms with Crippen LogP contribution in [0.4, 0.5) is 0 Å². The highest BCUT2D eigenvalue weighted by Crippen LogP contribution is 2.40. The van der Waals surface area contributed by atoms with E-state index >= 15 is 0 Å². The molecule has 1 aromatic carbocycles. The third-order valence-corrected chi connectivity index (χ3v) is 4.98. The van der Waals surface area contributed by atoms with E-state index in [2.05, 4.69) is 4.98 Å². The second-order valence-corrected chi connectivity index (χ2v) is 6.61. The highest BCUT2D eigenvalue weighted by molar-refractivity contribution is 5.95. The van der Waals surface area contributed by atoms with Crippen molar-refractivity contribution in [1.29, 1.82) is 0 Å². The molecule has 0 radical (unpaired) electrons. The molecule has 1 amide bonds. The molecule has 2 aliphatic rings. The van der Waals surface area contributed by atoms with Crippen LogP contribution in [0.2, 0.25) is 0 Å². The predicted molar refractivity (Wildman–Crippen MR) is 90.5 cm³/mol. The third kappa shape index (κ3) is 3.05. The van der Waals surface area contributed by atoms with E-state index < -0.39 is 0 Å². The van der Waals surface area contributed by atoms with Gasteiger partial charge in [-0.25, -0.2) is 0 Å². The Hall–Kier alpha value is -2.60. The molecular weight excluding hydrogens is 320 g/mol. The zero-order chi connectivity index (χ0) is 17.3. The Kier molecular flexibility index (Phi) is 4.05. The Morgan fingerprint density at radius 2 is 2.24 bits per heavy atom. The molecule has 4 rings (SSSR count). The summed E-state index contributed by atoms with van der Waals surface area (Å²) in [5.74, 6) is 1.02. The van der Waals surface area contributed by atoms with Gasteiger partial charge in [0, 0.05) is 24.3 Å². The van der Waals surface area contributed by atoms with Gasteiger partial charge in [-0.1, -0.05) is 6.07 Å². The fourth-order valence-electron chi connectivity index (χ4n) is 3.56. The topological polar surface area (TPSA) is 71.9 Å². The van der Waals surface area contributed by atoms with Gasteiger partial charge in [0.2, 0.25) is 0 Å². The molecule has 1 N–H and O–H groups in total. The maximum atomic E-state index is 12.5. The van der Waals surface area contributed by atoms with Crippen molar-refractivity contribution >= 4 is 5.91 Å². The minimum atomic E-state index is -0.311. The molecule has 2 aliphatic heterocycles. The van der Waals surface area contributed by atoms with Crippen molar-refractivity contribution in [3.05, 3.63) is 54.4 Å². The molecule has 3 heterocycles. The SMILES string of the molecule is O=C(c1cccc(O)c1)N1CC2(C1)OCCC2COc1cccnc1. The number of hydrogen-bond donors (Lipinski definition) is 1. The monoisotopic (exact) mass is 340 g/mol. The fraction of sp³-hybridized carbons (Fsp3) is 0.368. The molecule has 6 heteroatoms. The Bertz CT molecular complexity index is 759. The van der Waals surface area contributed by atoms with Crippen LogP contribution in [-0.4, -0.2) is 52.8 Å². The van der Waals surface area contributed by atoms with Crippen LogP contribution in [0.5, 0.6) is 11.5 Å². The van der Waals surface area contributed by atoms with Gasteiger partial charge < -0.3 is 19.5 Å². The van der Waals surface area contributed by atoms with Crippen molar-refractivity contribution in [3.8, 4) is 11.5 Å². The minimum Gasteiger partial charge on any atom is -0.508 e. The van der Waals surface area contributed by atoms with E-state index in [-0.39, 0.29) is 23.2 Å². The van der Waals surface area contributed by atoms with Gasteiger partial charge in [-0.2, -0.15) is 0 Å². The Balaban J connectivity index is 1.38. The van der Waals surface area contributed by atoms with Gasteiger partial charge >= 0.3 is 0 Å². The summed E-state index contributed by atoms with van der Waals surface area (Å²) >= 11 is 0. The molecule has 25 heavy (non-hydrogen) atoms. The molecule has 1 aromatic heterocycles. The standard InChI is InChI=1S/C19H20N2O4/c22-16-4-1-3-14(9-16)18(23)21-12-19(13-21)15(6-8-25-19)11-24-17-5-2-7-20-10-17/h1-5,7,9-10,15,22H,6,8,11-13H2. The molecule has 1 atom stereocenters. The van der Waals surface area contributed by atoms with Gasteiger partial charge in [-0.15, -0.1) is 0 Å². The highest BCUT2D eigenvalue weighted by atomic mass is 16.5. The number of likely N-dealkylation sites (tertiary alicyclic amines) is 1. The number of ether oxygens (including phenoxy) is 2. The predicted octanol–water partition coefficient (Wildman–Crippen LogP) is 2.10. The van der Waals surface area contributed by atoms with Gasteiger partial charge in [0.05, 0.1) is 25.9 Å². The van der Waals surface area contributed by atoms with Crippen LogP contribution in [-0.2, 0) is 4.74 Å². The van der Waals surface area contributed by atoms with E-state index in [4.69, 9.17) is 9.47 Å². The first kappa shape index (κ1) is 15.9. The minimum absolute atomic E-state index is 0.0797. The maximum absolute atomic E-state index is 12.5. The Morgan fingerprint density at radius 1 is 1.36 bits per heavy atom. The lowest BCUT2D eigenvalue weighted by Gasteiger charge is -2.50. The molecule has 1 unspecified atom stereocenters. The number of carbonyl (C=O) groups excluding carboxylic acids is 1. The van der Waals surface area contributed by atoms with Crippen LogP contribution in [0.3, 0.4) is 0 Å². The normalized spacial score (nSPS) is 21.1. The van der Waals surface area contributed by atoms with Crippen LogP contribution >= 0.6 is 0 Å². The molecule has 0 aliphatic carbocycles. The number of phenols is 1. The molecular formula is C19H20N2O4. The molecule has 2 aromatic rings. The van der Waals surface area contributed by atoms with Crippen LogP contribution in [0.25, 0.3) is 0 Å². The van der Waals surface area contributed by atoms with Gasteiger partial charge in [0.25, 0.3) is 5.91 Å². The smallest absolute Gasteiger partial charge is 0.254 e. The van der Waals surface area contributed by atoms with Gasteiger partial charge in [0.1, 0.15) is 17.1 Å². The number of phenolic OH excluding ortho intramolecular Hbond substituents is 1. The summed E-state index contributed by atoms with van der Waals surface area (Å²) < 4.78 is 11.8. The Labute approximate surface area is 146 Å². The number of nitrogens with zero attached hydrogens (tertiary/aromatic N) is 2. The largest absolute Gasteiger partial charge is 0.508 e. The van der Waals surface area contributed by atoms with Crippen molar-refractivity contribution in [3.63, 3.8) is 0 Å². The Morgan fingerprint density at radius 3 is 3.00 bits per heavy atom. The molecule has 0 bridgehead atoms. The molecule has 2 saturated heterocycles. The molecule has 6 nitrogen and oxygen atoms in total. The molecule has 130 valence electrons. The first-order valence-corrected chi connectivity index (χ1v) is 8.41. The summed E-state index contributed by atoms with van der Waals surface area (Å²) in [5, 5.41) is 9.54. The summed E-state index contributed by atoms with van der Waals surface area (Å²) in [5.41, 5.74) is 0.185. The maximum Gasteiger partial charge on any atom is 0.254 e. The summed E-state index contributed by atoms with van der Waals surface area (Å²) in [6, 6.07) is 10.2. The number of pyridine rings is 1. The number of amides is 1. The molecule has 2 fully saturated rings. The van der Waals surface area contributed by atoms with Crippen molar-refractivity contribution in [2.75, 3.05) is 26.3 Å². The van der Waals surface area contributed by atoms with Crippen molar-refractivity contribution in [1.82, 2.24) is 9.88 Å². The number of hydrogen-bond acceptors (Lipinski definition) is 5.